The lowest BCUT2D eigenvalue weighted by Gasteiger charge is -2.45. The quantitative estimate of drug-likeness (QED) is 0.838. The molecule has 0 heterocycles. The zero-order valence-corrected chi connectivity index (χ0v) is 14.5. The van der Waals surface area contributed by atoms with Crippen LogP contribution >= 0.6 is 15.9 Å². The number of nitrogens with one attached hydrogen (secondary N) is 1. The molecule has 2 bridgehead atoms. The van der Waals surface area contributed by atoms with E-state index in [2.05, 4.69) is 21.2 Å². The molecule has 0 spiro atoms. The normalized spacial score (nSPS) is 29.9. The molecule has 0 radical (unpaired) electrons. The Labute approximate surface area is 144 Å². The van der Waals surface area contributed by atoms with Crippen molar-refractivity contribution in [3.63, 3.8) is 0 Å². The molecule has 2 unspecified atom stereocenters. The predicted molar refractivity (Wildman–Crippen MR) is 89.6 cm³/mol. The summed E-state index contributed by atoms with van der Waals surface area (Å²) in [5.74, 6) is 0.962. The summed E-state index contributed by atoms with van der Waals surface area (Å²) in [6.07, 6.45) is 5.49. The fourth-order valence-corrected chi connectivity index (χ4v) is 4.45. The van der Waals surface area contributed by atoms with E-state index >= 15 is 0 Å². The highest BCUT2D eigenvalue weighted by Gasteiger charge is 2.39. The van der Waals surface area contributed by atoms with Gasteiger partial charge in [-0.25, -0.2) is 4.39 Å². The molecule has 3 rings (SSSR count). The molecule has 0 aliphatic heterocycles. The lowest BCUT2D eigenvalue weighted by atomic mass is 9.67. The van der Waals surface area contributed by atoms with Crippen LogP contribution < -0.4 is 15.8 Å². The van der Waals surface area contributed by atoms with Gasteiger partial charge in [0.1, 0.15) is 11.6 Å². The fraction of sp³-hybridized carbons (Fsp3) is 0.588. The molecule has 2 aliphatic carbocycles. The van der Waals surface area contributed by atoms with Crippen molar-refractivity contribution in [2.75, 3.05) is 6.61 Å². The average Bonchev–Trinajstić information content (AvgIpc) is 2.47. The van der Waals surface area contributed by atoms with Crippen molar-refractivity contribution in [2.45, 2.75) is 44.2 Å². The minimum atomic E-state index is -0.347. The van der Waals surface area contributed by atoms with Crippen molar-refractivity contribution in [2.24, 2.45) is 17.6 Å². The van der Waals surface area contributed by atoms with Gasteiger partial charge in [0.2, 0.25) is 0 Å². The van der Waals surface area contributed by atoms with E-state index in [1.54, 1.807) is 0 Å². The van der Waals surface area contributed by atoms with Crippen LogP contribution in [0.4, 0.5) is 4.39 Å². The van der Waals surface area contributed by atoms with Gasteiger partial charge in [-0.05, 0) is 71.6 Å². The summed E-state index contributed by atoms with van der Waals surface area (Å²) in [6.45, 7) is -0.0633. The molecular weight excluding hydrogens is 363 g/mol. The number of hydrogen-bond acceptors (Lipinski definition) is 3. The number of rotatable bonds is 4. The van der Waals surface area contributed by atoms with Gasteiger partial charge in [-0.15, -0.1) is 0 Å². The van der Waals surface area contributed by atoms with Gasteiger partial charge in [-0.3, -0.25) is 4.79 Å². The van der Waals surface area contributed by atoms with Crippen molar-refractivity contribution >= 4 is 21.8 Å². The molecule has 1 amide bonds. The molecule has 3 N–H and O–H groups in total. The molecular formula is C17H22BrFN2O2. The standard InChI is InChI=1S/C17H22BrFN2O2/c18-14-8-12(19)4-5-15(14)23-9-16(22)21-17-10-2-1-3-11(17)7-13(20)6-10/h4-5,8,10-11,13,17H,1-3,6-7,9,20H2,(H,21,22). The summed E-state index contributed by atoms with van der Waals surface area (Å²) in [7, 11) is 0. The van der Waals surface area contributed by atoms with E-state index in [9.17, 15) is 9.18 Å². The Morgan fingerprint density at radius 1 is 1.35 bits per heavy atom. The zero-order valence-electron chi connectivity index (χ0n) is 12.9. The van der Waals surface area contributed by atoms with Gasteiger partial charge in [0, 0.05) is 12.1 Å². The first kappa shape index (κ1) is 16.7. The maximum absolute atomic E-state index is 13.0. The van der Waals surface area contributed by atoms with Crippen LogP contribution in [-0.4, -0.2) is 24.6 Å². The molecule has 4 nitrogen and oxygen atoms in total. The van der Waals surface area contributed by atoms with Crippen LogP contribution in [0.15, 0.2) is 22.7 Å². The maximum Gasteiger partial charge on any atom is 0.258 e. The first-order chi connectivity index (χ1) is 11.0. The molecule has 126 valence electrons. The van der Waals surface area contributed by atoms with E-state index in [4.69, 9.17) is 10.5 Å². The van der Waals surface area contributed by atoms with E-state index in [1.807, 2.05) is 0 Å². The lowest BCUT2D eigenvalue weighted by Crippen LogP contribution is -2.54. The maximum atomic E-state index is 13.0. The van der Waals surface area contributed by atoms with E-state index in [0.29, 0.717) is 22.1 Å². The van der Waals surface area contributed by atoms with Crippen LogP contribution in [0, 0.1) is 17.7 Å². The molecule has 0 aromatic heterocycles. The van der Waals surface area contributed by atoms with Crippen LogP contribution in [0.5, 0.6) is 5.75 Å². The Morgan fingerprint density at radius 3 is 2.70 bits per heavy atom. The number of benzene rings is 1. The largest absolute Gasteiger partial charge is 0.483 e. The molecule has 1 aromatic rings. The highest BCUT2D eigenvalue weighted by molar-refractivity contribution is 9.10. The summed E-state index contributed by atoms with van der Waals surface area (Å²) in [4.78, 5) is 12.2. The Kier molecular flexibility index (Phi) is 5.21. The molecule has 1 aromatic carbocycles. The van der Waals surface area contributed by atoms with Crippen molar-refractivity contribution < 1.29 is 13.9 Å². The molecule has 23 heavy (non-hydrogen) atoms. The fourth-order valence-electron chi connectivity index (χ4n) is 3.99. The zero-order chi connectivity index (χ0) is 16.4. The molecule has 2 aliphatic rings. The number of nitrogens with two attached hydrogens (primary N) is 1. The van der Waals surface area contributed by atoms with Crippen LogP contribution in [0.25, 0.3) is 0 Å². The third-order valence-electron chi connectivity index (χ3n) is 4.96. The molecule has 6 heteroatoms. The van der Waals surface area contributed by atoms with Crippen molar-refractivity contribution in [1.82, 2.24) is 5.32 Å². The smallest absolute Gasteiger partial charge is 0.258 e. The molecule has 2 saturated carbocycles. The number of fused-ring (bicyclic) bond motifs is 2. The minimum Gasteiger partial charge on any atom is -0.483 e. The predicted octanol–water partition coefficient (Wildman–Crippen LogP) is 2.99. The number of carbonyl (C=O) groups is 1. The van der Waals surface area contributed by atoms with Crippen molar-refractivity contribution in [1.29, 1.82) is 0 Å². The van der Waals surface area contributed by atoms with Gasteiger partial charge in [0.05, 0.1) is 4.47 Å². The second kappa shape index (κ2) is 7.18. The van der Waals surface area contributed by atoms with Crippen molar-refractivity contribution in [3.8, 4) is 5.75 Å². The van der Waals surface area contributed by atoms with E-state index in [-0.39, 0.29) is 30.4 Å². The second-order valence-electron chi connectivity index (χ2n) is 6.64. The van der Waals surface area contributed by atoms with Gasteiger partial charge in [0.15, 0.2) is 6.61 Å². The first-order valence-corrected chi connectivity index (χ1v) is 8.95. The topological polar surface area (TPSA) is 64.3 Å². The Balaban J connectivity index is 1.55. The Hall–Kier alpha value is -1.14. The van der Waals surface area contributed by atoms with E-state index in [1.165, 1.54) is 24.6 Å². The summed E-state index contributed by atoms with van der Waals surface area (Å²) in [5, 5.41) is 3.13. The monoisotopic (exact) mass is 384 g/mol. The highest BCUT2D eigenvalue weighted by Crippen LogP contribution is 2.39. The van der Waals surface area contributed by atoms with E-state index < -0.39 is 0 Å². The van der Waals surface area contributed by atoms with Crippen LogP contribution in [0.3, 0.4) is 0 Å². The first-order valence-electron chi connectivity index (χ1n) is 8.15. The van der Waals surface area contributed by atoms with Gasteiger partial charge in [0.25, 0.3) is 5.91 Å². The average molecular weight is 385 g/mol. The van der Waals surface area contributed by atoms with E-state index in [0.717, 1.165) is 25.7 Å². The van der Waals surface area contributed by atoms with Crippen LogP contribution in [0.1, 0.15) is 32.1 Å². The van der Waals surface area contributed by atoms with Gasteiger partial charge in [-0.2, -0.15) is 0 Å². The summed E-state index contributed by atoms with van der Waals surface area (Å²) in [5.41, 5.74) is 6.11. The SMILES string of the molecule is NC1CC2CCCC(C1)C2NC(=O)COc1ccc(F)cc1Br. The van der Waals surface area contributed by atoms with Crippen LogP contribution in [0.2, 0.25) is 0 Å². The number of amides is 1. The third-order valence-corrected chi connectivity index (χ3v) is 5.58. The molecule has 2 fully saturated rings. The number of carbonyl (C=O) groups excluding carboxylic acids is 1. The number of ether oxygens (including phenoxy) is 1. The second-order valence-corrected chi connectivity index (χ2v) is 7.49. The lowest BCUT2D eigenvalue weighted by molar-refractivity contribution is -0.125. The molecule has 0 saturated heterocycles. The van der Waals surface area contributed by atoms with Crippen molar-refractivity contribution in [3.05, 3.63) is 28.5 Å². The number of halogens is 2. The van der Waals surface area contributed by atoms with Gasteiger partial charge in [-0.1, -0.05) is 6.42 Å². The molecule has 2 atom stereocenters. The number of hydrogen-bond donors (Lipinski definition) is 2. The Morgan fingerprint density at radius 2 is 2.04 bits per heavy atom. The van der Waals surface area contributed by atoms with Crippen LogP contribution in [-0.2, 0) is 4.79 Å². The van der Waals surface area contributed by atoms with Gasteiger partial charge < -0.3 is 15.8 Å². The Bertz CT molecular complexity index is 570. The summed E-state index contributed by atoms with van der Waals surface area (Å²) < 4.78 is 19.0. The summed E-state index contributed by atoms with van der Waals surface area (Å²) >= 11 is 3.23. The van der Waals surface area contributed by atoms with Gasteiger partial charge >= 0.3 is 0 Å². The summed E-state index contributed by atoms with van der Waals surface area (Å²) in [6, 6.07) is 4.63. The minimum absolute atomic E-state index is 0.0633. The third kappa shape index (κ3) is 4.04. The highest BCUT2D eigenvalue weighted by atomic mass is 79.9.